The lowest BCUT2D eigenvalue weighted by molar-refractivity contribution is -0.133. The zero-order chi connectivity index (χ0) is 18.3. The van der Waals surface area contributed by atoms with Crippen molar-refractivity contribution in [2.75, 3.05) is 6.54 Å². The quantitative estimate of drug-likeness (QED) is 0.729. The molecule has 0 spiro atoms. The van der Waals surface area contributed by atoms with Crippen molar-refractivity contribution in [1.29, 1.82) is 0 Å². The van der Waals surface area contributed by atoms with Crippen molar-refractivity contribution in [3.8, 4) is 0 Å². The van der Waals surface area contributed by atoms with Crippen LogP contribution >= 0.6 is 0 Å². The first-order valence-electron chi connectivity index (χ1n) is 9.10. The standard InChI is InChI=1S/C20H23N5O/c1-13(2)19-22-23-20-14(3)24(8-9-25(19)20)18(26)10-16-12-21-11-15-6-4-5-7-17(15)16/h4-7,11-14H,8-10H2,1-3H3. The van der Waals surface area contributed by atoms with E-state index in [0.29, 0.717) is 18.9 Å². The minimum absolute atomic E-state index is 0.0702. The van der Waals surface area contributed by atoms with Gasteiger partial charge >= 0.3 is 0 Å². The molecule has 0 bridgehead atoms. The summed E-state index contributed by atoms with van der Waals surface area (Å²) in [4.78, 5) is 19.2. The number of pyridine rings is 1. The zero-order valence-electron chi connectivity index (χ0n) is 15.4. The second kappa shape index (κ2) is 6.52. The first kappa shape index (κ1) is 16.7. The molecule has 1 unspecified atom stereocenters. The lowest BCUT2D eigenvalue weighted by atomic mass is 10.0. The fraction of sp³-hybridized carbons (Fsp3) is 0.400. The molecule has 1 atom stereocenters. The number of carbonyl (C=O) groups excluding carboxylic acids is 1. The molecule has 3 heterocycles. The van der Waals surface area contributed by atoms with E-state index < -0.39 is 0 Å². The number of aromatic nitrogens is 4. The topological polar surface area (TPSA) is 63.9 Å². The Bertz CT molecular complexity index is 956. The molecule has 1 aromatic carbocycles. The predicted octanol–water partition coefficient (Wildman–Crippen LogP) is 3.10. The van der Waals surface area contributed by atoms with E-state index in [1.165, 1.54) is 0 Å². The lowest BCUT2D eigenvalue weighted by Gasteiger charge is -2.34. The second-order valence-electron chi connectivity index (χ2n) is 7.18. The van der Waals surface area contributed by atoms with Crippen LogP contribution in [0.3, 0.4) is 0 Å². The average molecular weight is 349 g/mol. The van der Waals surface area contributed by atoms with Crippen LogP contribution in [-0.2, 0) is 17.8 Å². The maximum Gasteiger partial charge on any atom is 0.227 e. The van der Waals surface area contributed by atoms with Crippen molar-refractivity contribution in [1.82, 2.24) is 24.6 Å². The monoisotopic (exact) mass is 349 g/mol. The van der Waals surface area contributed by atoms with Crippen molar-refractivity contribution >= 4 is 16.7 Å². The van der Waals surface area contributed by atoms with Crippen LogP contribution in [0.25, 0.3) is 10.8 Å². The molecule has 0 radical (unpaired) electrons. The van der Waals surface area contributed by atoms with Crippen LogP contribution in [0.5, 0.6) is 0 Å². The molecule has 0 saturated heterocycles. The second-order valence-corrected chi connectivity index (χ2v) is 7.18. The summed E-state index contributed by atoms with van der Waals surface area (Å²) < 4.78 is 2.17. The van der Waals surface area contributed by atoms with E-state index in [0.717, 1.165) is 34.5 Å². The van der Waals surface area contributed by atoms with Crippen LogP contribution in [0, 0.1) is 0 Å². The third-order valence-electron chi connectivity index (χ3n) is 5.14. The molecule has 134 valence electrons. The van der Waals surface area contributed by atoms with Crippen LogP contribution in [0.4, 0.5) is 0 Å². The number of fused-ring (bicyclic) bond motifs is 2. The molecule has 0 N–H and O–H groups in total. The smallest absolute Gasteiger partial charge is 0.227 e. The van der Waals surface area contributed by atoms with Gasteiger partial charge in [0.1, 0.15) is 5.82 Å². The fourth-order valence-electron chi connectivity index (χ4n) is 3.76. The van der Waals surface area contributed by atoms with E-state index in [-0.39, 0.29) is 11.9 Å². The Morgan fingerprint density at radius 2 is 2.00 bits per heavy atom. The predicted molar refractivity (Wildman–Crippen MR) is 99.7 cm³/mol. The van der Waals surface area contributed by atoms with E-state index >= 15 is 0 Å². The highest BCUT2D eigenvalue weighted by Gasteiger charge is 2.31. The van der Waals surface area contributed by atoms with Gasteiger partial charge in [0, 0.05) is 36.8 Å². The molecule has 1 aliphatic heterocycles. The summed E-state index contributed by atoms with van der Waals surface area (Å²) >= 11 is 0. The zero-order valence-corrected chi connectivity index (χ0v) is 15.4. The van der Waals surface area contributed by atoms with Gasteiger partial charge in [-0.15, -0.1) is 10.2 Å². The van der Waals surface area contributed by atoms with Gasteiger partial charge < -0.3 is 9.47 Å². The highest BCUT2D eigenvalue weighted by Crippen LogP contribution is 2.28. The summed E-state index contributed by atoms with van der Waals surface area (Å²) in [6, 6.07) is 7.98. The molecule has 1 aliphatic rings. The van der Waals surface area contributed by atoms with Crippen LogP contribution in [0.1, 0.15) is 49.9 Å². The van der Waals surface area contributed by atoms with Gasteiger partial charge in [0.2, 0.25) is 5.91 Å². The SMILES string of the molecule is CC(C)c1nnc2n1CCN(C(=O)Cc1cncc3ccccc13)C2C. The summed E-state index contributed by atoms with van der Waals surface area (Å²) in [5.41, 5.74) is 0.968. The minimum atomic E-state index is -0.0702. The first-order valence-corrected chi connectivity index (χ1v) is 9.10. The molecule has 1 amide bonds. The summed E-state index contributed by atoms with van der Waals surface area (Å²) in [6.45, 7) is 7.70. The van der Waals surface area contributed by atoms with Crippen LogP contribution < -0.4 is 0 Å². The first-order chi connectivity index (χ1) is 12.6. The third-order valence-corrected chi connectivity index (χ3v) is 5.14. The van der Waals surface area contributed by atoms with Gasteiger partial charge in [0.05, 0.1) is 12.5 Å². The van der Waals surface area contributed by atoms with E-state index in [1.807, 2.05) is 42.3 Å². The van der Waals surface area contributed by atoms with Crippen molar-refractivity contribution in [3.05, 3.63) is 53.9 Å². The number of hydrogen-bond donors (Lipinski definition) is 0. The fourth-order valence-corrected chi connectivity index (χ4v) is 3.76. The maximum absolute atomic E-state index is 13.0. The van der Waals surface area contributed by atoms with E-state index in [1.54, 1.807) is 6.20 Å². The Hall–Kier alpha value is -2.76. The highest BCUT2D eigenvalue weighted by molar-refractivity contribution is 5.89. The molecule has 0 fully saturated rings. The van der Waals surface area contributed by atoms with Gasteiger partial charge in [-0.3, -0.25) is 9.78 Å². The average Bonchev–Trinajstić information content (AvgIpc) is 3.07. The van der Waals surface area contributed by atoms with Gasteiger partial charge in [-0.2, -0.15) is 0 Å². The largest absolute Gasteiger partial charge is 0.331 e. The summed E-state index contributed by atoms with van der Waals surface area (Å²) in [5, 5.41) is 10.8. The molecule has 0 saturated carbocycles. The summed E-state index contributed by atoms with van der Waals surface area (Å²) in [7, 11) is 0. The van der Waals surface area contributed by atoms with Crippen LogP contribution in [0.15, 0.2) is 36.7 Å². The Morgan fingerprint density at radius 1 is 1.19 bits per heavy atom. The van der Waals surface area contributed by atoms with Crippen molar-refractivity contribution < 1.29 is 4.79 Å². The lowest BCUT2D eigenvalue weighted by Crippen LogP contribution is -2.42. The van der Waals surface area contributed by atoms with Crippen LogP contribution in [0.2, 0.25) is 0 Å². The highest BCUT2D eigenvalue weighted by atomic mass is 16.2. The number of benzene rings is 1. The molecule has 3 aromatic rings. The van der Waals surface area contributed by atoms with E-state index in [4.69, 9.17) is 0 Å². The summed E-state index contributed by atoms with van der Waals surface area (Å²) in [5.74, 6) is 2.31. The molecule has 6 heteroatoms. The number of hydrogen-bond acceptors (Lipinski definition) is 4. The molecular formula is C20H23N5O. The number of carbonyl (C=O) groups is 1. The van der Waals surface area contributed by atoms with Gasteiger partial charge in [-0.05, 0) is 17.9 Å². The molecule has 0 aliphatic carbocycles. The molecular weight excluding hydrogens is 326 g/mol. The minimum Gasteiger partial charge on any atom is -0.331 e. The van der Waals surface area contributed by atoms with E-state index in [2.05, 4.69) is 33.6 Å². The Morgan fingerprint density at radius 3 is 2.81 bits per heavy atom. The Labute approximate surface area is 152 Å². The van der Waals surface area contributed by atoms with Gasteiger partial charge in [-0.25, -0.2) is 0 Å². The molecule has 26 heavy (non-hydrogen) atoms. The van der Waals surface area contributed by atoms with Crippen LogP contribution in [-0.4, -0.2) is 37.1 Å². The Balaban J connectivity index is 1.59. The van der Waals surface area contributed by atoms with Crippen molar-refractivity contribution in [3.63, 3.8) is 0 Å². The van der Waals surface area contributed by atoms with Gasteiger partial charge in [0.25, 0.3) is 0 Å². The Kier molecular flexibility index (Phi) is 4.18. The molecule has 2 aromatic heterocycles. The summed E-state index contributed by atoms with van der Waals surface area (Å²) in [6.07, 6.45) is 3.99. The molecule has 6 nitrogen and oxygen atoms in total. The van der Waals surface area contributed by atoms with Gasteiger partial charge in [-0.1, -0.05) is 38.1 Å². The maximum atomic E-state index is 13.0. The number of amides is 1. The van der Waals surface area contributed by atoms with Crippen molar-refractivity contribution in [2.24, 2.45) is 0 Å². The van der Waals surface area contributed by atoms with Crippen molar-refractivity contribution in [2.45, 2.75) is 45.7 Å². The van der Waals surface area contributed by atoms with Gasteiger partial charge in [0.15, 0.2) is 5.82 Å². The van der Waals surface area contributed by atoms with E-state index in [9.17, 15) is 4.79 Å². The normalized spacial score (nSPS) is 16.9. The number of nitrogens with zero attached hydrogens (tertiary/aromatic N) is 5. The third kappa shape index (κ3) is 2.75. The number of rotatable bonds is 3. The molecule has 4 rings (SSSR count).